The summed E-state index contributed by atoms with van der Waals surface area (Å²) >= 11 is 0. The van der Waals surface area contributed by atoms with Crippen molar-refractivity contribution in [3.8, 4) is 11.5 Å². The van der Waals surface area contributed by atoms with E-state index in [9.17, 15) is 0 Å². The summed E-state index contributed by atoms with van der Waals surface area (Å²) in [5.41, 5.74) is 1.95. The predicted octanol–water partition coefficient (Wildman–Crippen LogP) is 4.09. The Bertz CT molecular complexity index is 967. The van der Waals surface area contributed by atoms with E-state index >= 15 is 0 Å². The number of unbranched alkanes of at least 4 members (excludes halogenated alkanes) is 2. The summed E-state index contributed by atoms with van der Waals surface area (Å²) in [5, 5.41) is 2.21. The van der Waals surface area contributed by atoms with E-state index in [4.69, 9.17) is 9.47 Å². The minimum absolute atomic E-state index is 0.692. The van der Waals surface area contributed by atoms with Crippen LogP contribution in [0.25, 0.3) is 22.1 Å². The van der Waals surface area contributed by atoms with E-state index in [1.54, 1.807) is 12.4 Å². The van der Waals surface area contributed by atoms with Crippen LogP contribution in [-0.2, 0) is 14.1 Å². The van der Waals surface area contributed by atoms with Gasteiger partial charge in [0.1, 0.15) is 22.8 Å². The average Bonchev–Trinajstić information content (AvgIpc) is 3.23. The molecular formula is C21H24N4O2. The molecule has 0 bridgehead atoms. The average molecular weight is 364 g/mol. The van der Waals surface area contributed by atoms with Crippen molar-refractivity contribution in [1.29, 1.82) is 0 Å². The van der Waals surface area contributed by atoms with Crippen LogP contribution in [0.15, 0.2) is 49.1 Å². The second-order valence-corrected chi connectivity index (χ2v) is 6.78. The third-order valence-corrected chi connectivity index (χ3v) is 4.69. The molecule has 27 heavy (non-hydrogen) atoms. The fourth-order valence-electron chi connectivity index (χ4n) is 3.19. The van der Waals surface area contributed by atoms with Gasteiger partial charge in [0, 0.05) is 37.3 Å². The molecule has 0 N–H and O–H groups in total. The lowest BCUT2D eigenvalue weighted by Crippen LogP contribution is -2.01. The van der Waals surface area contributed by atoms with Gasteiger partial charge in [-0.15, -0.1) is 0 Å². The molecule has 4 heterocycles. The molecule has 4 aromatic rings. The number of rotatable bonds is 8. The molecule has 0 radical (unpaired) electrons. The van der Waals surface area contributed by atoms with Gasteiger partial charge in [-0.05, 0) is 43.5 Å². The highest BCUT2D eigenvalue weighted by atomic mass is 16.5. The lowest BCUT2D eigenvalue weighted by Gasteiger charge is -2.08. The summed E-state index contributed by atoms with van der Waals surface area (Å²) in [4.78, 5) is 8.87. The van der Waals surface area contributed by atoms with Gasteiger partial charge in [-0.2, -0.15) is 0 Å². The molecule has 0 aliphatic carbocycles. The Morgan fingerprint density at radius 3 is 1.70 bits per heavy atom. The van der Waals surface area contributed by atoms with Crippen LogP contribution in [-0.4, -0.2) is 32.3 Å². The Labute approximate surface area is 158 Å². The first kappa shape index (κ1) is 17.4. The van der Waals surface area contributed by atoms with Crippen molar-refractivity contribution in [2.45, 2.75) is 19.3 Å². The Morgan fingerprint density at radius 2 is 1.22 bits per heavy atom. The summed E-state index contributed by atoms with van der Waals surface area (Å²) in [6.45, 7) is 1.38. The van der Waals surface area contributed by atoms with Crippen LogP contribution in [0.1, 0.15) is 19.3 Å². The fraction of sp³-hybridized carbons (Fsp3) is 0.333. The molecule has 0 unspecified atom stereocenters. The highest BCUT2D eigenvalue weighted by molar-refractivity contribution is 5.77. The molecule has 0 saturated carbocycles. The van der Waals surface area contributed by atoms with E-state index in [0.717, 1.165) is 52.8 Å². The third-order valence-electron chi connectivity index (χ3n) is 4.69. The van der Waals surface area contributed by atoms with Gasteiger partial charge < -0.3 is 18.6 Å². The van der Waals surface area contributed by atoms with Crippen molar-refractivity contribution in [3.63, 3.8) is 0 Å². The van der Waals surface area contributed by atoms with Crippen LogP contribution >= 0.6 is 0 Å². The number of hydrogen-bond donors (Lipinski definition) is 0. The summed E-state index contributed by atoms with van der Waals surface area (Å²) in [7, 11) is 3.98. The lowest BCUT2D eigenvalue weighted by molar-refractivity contribution is 0.279. The minimum atomic E-state index is 0.692. The maximum absolute atomic E-state index is 5.81. The number of aryl methyl sites for hydroxylation is 2. The van der Waals surface area contributed by atoms with Crippen molar-refractivity contribution in [2.75, 3.05) is 13.2 Å². The van der Waals surface area contributed by atoms with Crippen molar-refractivity contribution in [2.24, 2.45) is 14.1 Å². The normalized spacial score (nSPS) is 11.3. The molecule has 4 rings (SSSR count). The van der Waals surface area contributed by atoms with E-state index in [-0.39, 0.29) is 0 Å². The van der Waals surface area contributed by atoms with Crippen LogP contribution in [0.3, 0.4) is 0 Å². The lowest BCUT2D eigenvalue weighted by atomic mass is 10.2. The highest BCUT2D eigenvalue weighted by Gasteiger charge is 2.03. The minimum Gasteiger partial charge on any atom is -0.492 e. The maximum Gasteiger partial charge on any atom is 0.139 e. The molecule has 0 amide bonds. The number of aromatic nitrogens is 4. The zero-order valence-corrected chi connectivity index (χ0v) is 15.8. The predicted molar refractivity (Wildman–Crippen MR) is 106 cm³/mol. The zero-order chi connectivity index (χ0) is 18.6. The number of nitrogens with zero attached hydrogens (tertiary/aromatic N) is 4. The van der Waals surface area contributed by atoms with E-state index in [1.807, 2.05) is 59.9 Å². The Hall–Kier alpha value is -3.02. The first-order chi connectivity index (χ1) is 13.2. The van der Waals surface area contributed by atoms with E-state index in [1.165, 1.54) is 0 Å². The molecule has 0 aliphatic heterocycles. The van der Waals surface area contributed by atoms with Crippen LogP contribution < -0.4 is 9.47 Å². The standard InChI is InChI=1S/C21H24N4O2/c1-24-8-6-16-12-18(14-22-20(16)24)26-10-4-3-5-11-27-19-13-17-7-9-25(2)21(17)23-15-19/h6-9,12-15H,3-5,10-11H2,1-2H3. The molecule has 6 nitrogen and oxygen atoms in total. The van der Waals surface area contributed by atoms with E-state index < -0.39 is 0 Å². The van der Waals surface area contributed by atoms with Crippen LogP contribution in [0.2, 0.25) is 0 Å². The molecule has 0 saturated heterocycles. The van der Waals surface area contributed by atoms with Gasteiger partial charge in [0.05, 0.1) is 25.6 Å². The number of pyridine rings is 2. The van der Waals surface area contributed by atoms with E-state index in [0.29, 0.717) is 13.2 Å². The first-order valence-electron chi connectivity index (χ1n) is 9.28. The van der Waals surface area contributed by atoms with Gasteiger partial charge in [0.25, 0.3) is 0 Å². The molecule has 6 heteroatoms. The highest BCUT2D eigenvalue weighted by Crippen LogP contribution is 2.20. The van der Waals surface area contributed by atoms with Crippen LogP contribution in [0.5, 0.6) is 11.5 Å². The SMILES string of the molecule is Cn1ccc2cc(OCCCCCOc3cnc4c(ccn4C)c3)cnc21. The quantitative estimate of drug-likeness (QED) is 0.442. The number of hydrogen-bond acceptors (Lipinski definition) is 4. The summed E-state index contributed by atoms with van der Waals surface area (Å²) in [6, 6.07) is 8.18. The van der Waals surface area contributed by atoms with Crippen molar-refractivity contribution in [3.05, 3.63) is 49.1 Å². The smallest absolute Gasteiger partial charge is 0.139 e. The van der Waals surface area contributed by atoms with Crippen molar-refractivity contribution < 1.29 is 9.47 Å². The van der Waals surface area contributed by atoms with Gasteiger partial charge >= 0.3 is 0 Å². The Kier molecular flexibility index (Phi) is 4.96. The monoisotopic (exact) mass is 364 g/mol. The van der Waals surface area contributed by atoms with Crippen LogP contribution in [0, 0.1) is 0 Å². The Morgan fingerprint density at radius 1 is 0.741 bits per heavy atom. The summed E-state index contributed by atoms with van der Waals surface area (Å²) in [6.07, 6.45) is 10.6. The first-order valence-corrected chi connectivity index (χ1v) is 9.28. The van der Waals surface area contributed by atoms with Crippen LogP contribution in [0.4, 0.5) is 0 Å². The van der Waals surface area contributed by atoms with Gasteiger partial charge in [-0.25, -0.2) is 9.97 Å². The molecule has 0 spiro atoms. The summed E-state index contributed by atoms with van der Waals surface area (Å²) in [5.74, 6) is 1.65. The fourth-order valence-corrected chi connectivity index (χ4v) is 3.19. The van der Waals surface area contributed by atoms with Gasteiger partial charge in [0.15, 0.2) is 0 Å². The van der Waals surface area contributed by atoms with Gasteiger partial charge in [-0.3, -0.25) is 0 Å². The molecule has 140 valence electrons. The molecule has 0 atom stereocenters. The molecule has 4 aromatic heterocycles. The third kappa shape index (κ3) is 3.89. The van der Waals surface area contributed by atoms with Crippen molar-refractivity contribution in [1.82, 2.24) is 19.1 Å². The molecule has 0 aromatic carbocycles. The number of ether oxygens (including phenoxy) is 2. The zero-order valence-electron chi connectivity index (χ0n) is 15.8. The topological polar surface area (TPSA) is 54.1 Å². The maximum atomic E-state index is 5.81. The van der Waals surface area contributed by atoms with Gasteiger partial charge in [0.2, 0.25) is 0 Å². The molecule has 0 fully saturated rings. The van der Waals surface area contributed by atoms with Gasteiger partial charge in [-0.1, -0.05) is 0 Å². The molecular weight excluding hydrogens is 340 g/mol. The largest absolute Gasteiger partial charge is 0.492 e. The second-order valence-electron chi connectivity index (χ2n) is 6.78. The Balaban J connectivity index is 1.16. The van der Waals surface area contributed by atoms with E-state index in [2.05, 4.69) is 9.97 Å². The second kappa shape index (κ2) is 7.70. The molecule has 0 aliphatic rings. The number of fused-ring (bicyclic) bond motifs is 2. The van der Waals surface area contributed by atoms with Crippen molar-refractivity contribution >= 4 is 22.1 Å². The summed E-state index contributed by atoms with van der Waals surface area (Å²) < 4.78 is 15.6.